The molecule has 7 heteroatoms. The number of nitrogens with zero attached hydrogens (tertiary/aromatic N) is 2. The maximum Gasteiger partial charge on any atom is 0.317 e. The SMILES string of the molecule is Nc1cc2c(cc1N1CCN3C(=O)NCC3C1)OCCO2. The van der Waals surface area contributed by atoms with E-state index in [-0.39, 0.29) is 12.1 Å². The summed E-state index contributed by atoms with van der Waals surface area (Å²) in [4.78, 5) is 15.8. The minimum absolute atomic E-state index is 0.0368. The van der Waals surface area contributed by atoms with Gasteiger partial charge in [0.05, 0.1) is 17.4 Å². The van der Waals surface area contributed by atoms with E-state index in [0.29, 0.717) is 37.7 Å². The molecule has 3 aliphatic heterocycles. The van der Waals surface area contributed by atoms with Gasteiger partial charge in [-0.2, -0.15) is 0 Å². The topological polar surface area (TPSA) is 80.1 Å². The molecule has 3 N–H and O–H groups in total. The molecule has 1 atom stereocenters. The number of benzene rings is 1. The number of carbonyl (C=O) groups is 1. The zero-order valence-corrected chi connectivity index (χ0v) is 11.7. The first kappa shape index (κ1) is 12.4. The molecule has 0 saturated carbocycles. The normalized spacial score (nSPS) is 23.8. The molecule has 1 aromatic carbocycles. The summed E-state index contributed by atoms with van der Waals surface area (Å²) in [6.07, 6.45) is 0. The summed E-state index contributed by atoms with van der Waals surface area (Å²) in [5.74, 6) is 1.45. The number of fused-ring (bicyclic) bond motifs is 2. The molecule has 0 aromatic heterocycles. The predicted octanol–water partition coefficient (Wildman–Crippen LogP) is 0.254. The number of piperazine rings is 1. The standard InChI is InChI=1S/C14H18N4O3/c15-10-5-12-13(21-4-3-20-12)6-11(10)17-1-2-18-9(8-17)7-16-14(18)19/h5-6,9H,1-4,7-8,15H2,(H,16,19). The first-order valence-electron chi connectivity index (χ1n) is 7.21. The Hall–Kier alpha value is -2.31. The van der Waals surface area contributed by atoms with Crippen molar-refractivity contribution in [3.63, 3.8) is 0 Å². The number of nitrogen functional groups attached to an aromatic ring is 1. The van der Waals surface area contributed by atoms with Crippen molar-refractivity contribution in [3.8, 4) is 11.5 Å². The van der Waals surface area contributed by atoms with E-state index in [2.05, 4.69) is 10.2 Å². The molecule has 3 heterocycles. The molecule has 2 saturated heterocycles. The van der Waals surface area contributed by atoms with E-state index >= 15 is 0 Å². The Bertz CT molecular complexity index is 592. The zero-order chi connectivity index (χ0) is 14.4. The van der Waals surface area contributed by atoms with Crippen molar-refractivity contribution in [1.29, 1.82) is 0 Å². The summed E-state index contributed by atoms with van der Waals surface area (Å²) >= 11 is 0. The summed E-state index contributed by atoms with van der Waals surface area (Å²) in [6.45, 7) is 4.08. The lowest BCUT2D eigenvalue weighted by atomic mass is 10.1. The fourth-order valence-electron chi connectivity index (χ4n) is 3.19. The van der Waals surface area contributed by atoms with Crippen LogP contribution in [-0.4, -0.2) is 56.4 Å². The van der Waals surface area contributed by atoms with Gasteiger partial charge in [-0.25, -0.2) is 4.79 Å². The number of hydrogen-bond acceptors (Lipinski definition) is 5. The van der Waals surface area contributed by atoms with Crippen LogP contribution in [-0.2, 0) is 0 Å². The van der Waals surface area contributed by atoms with Crippen LogP contribution < -0.4 is 25.4 Å². The van der Waals surface area contributed by atoms with Crippen LogP contribution >= 0.6 is 0 Å². The van der Waals surface area contributed by atoms with Gasteiger partial charge in [-0.15, -0.1) is 0 Å². The molecule has 0 radical (unpaired) electrons. The minimum Gasteiger partial charge on any atom is -0.486 e. The highest BCUT2D eigenvalue weighted by atomic mass is 16.6. The van der Waals surface area contributed by atoms with Crippen LogP contribution in [0.4, 0.5) is 16.2 Å². The third-order valence-electron chi connectivity index (χ3n) is 4.26. The number of nitrogens with one attached hydrogen (secondary N) is 1. The summed E-state index contributed by atoms with van der Waals surface area (Å²) in [6, 6.07) is 4.02. The first-order valence-corrected chi connectivity index (χ1v) is 7.21. The zero-order valence-electron chi connectivity index (χ0n) is 11.7. The number of nitrogens with two attached hydrogens (primary N) is 1. The molecule has 1 unspecified atom stereocenters. The van der Waals surface area contributed by atoms with Crippen molar-refractivity contribution in [2.45, 2.75) is 6.04 Å². The fourth-order valence-corrected chi connectivity index (χ4v) is 3.19. The lowest BCUT2D eigenvalue weighted by Gasteiger charge is -2.38. The maximum atomic E-state index is 11.6. The quantitative estimate of drug-likeness (QED) is 0.725. The van der Waals surface area contributed by atoms with Gasteiger partial charge in [-0.1, -0.05) is 0 Å². The summed E-state index contributed by atoms with van der Waals surface area (Å²) < 4.78 is 11.2. The molecule has 2 fully saturated rings. The Balaban J connectivity index is 1.60. The molecule has 0 bridgehead atoms. The number of ether oxygens (including phenoxy) is 2. The number of anilines is 2. The van der Waals surface area contributed by atoms with Gasteiger partial charge in [0.1, 0.15) is 13.2 Å². The van der Waals surface area contributed by atoms with Crippen molar-refractivity contribution in [2.24, 2.45) is 0 Å². The molecule has 1 aromatic rings. The second-order valence-corrected chi connectivity index (χ2v) is 5.53. The third-order valence-corrected chi connectivity index (χ3v) is 4.26. The predicted molar refractivity (Wildman–Crippen MR) is 78.0 cm³/mol. The van der Waals surface area contributed by atoms with Crippen LogP contribution in [0.25, 0.3) is 0 Å². The van der Waals surface area contributed by atoms with E-state index in [4.69, 9.17) is 15.2 Å². The second-order valence-electron chi connectivity index (χ2n) is 5.53. The van der Waals surface area contributed by atoms with Gasteiger partial charge in [-0.05, 0) is 0 Å². The molecular formula is C14H18N4O3. The summed E-state index contributed by atoms with van der Waals surface area (Å²) in [7, 11) is 0. The molecule has 0 spiro atoms. The lowest BCUT2D eigenvalue weighted by Crippen LogP contribution is -2.52. The monoisotopic (exact) mass is 290 g/mol. The molecule has 112 valence electrons. The fraction of sp³-hybridized carbons (Fsp3) is 0.500. The van der Waals surface area contributed by atoms with Crippen LogP contribution in [0.5, 0.6) is 11.5 Å². The number of hydrogen-bond donors (Lipinski definition) is 2. The van der Waals surface area contributed by atoms with Gasteiger partial charge < -0.3 is 30.3 Å². The van der Waals surface area contributed by atoms with Crippen molar-refractivity contribution in [2.75, 3.05) is 50.0 Å². The van der Waals surface area contributed by atoms with Crippen molar-refractivity contribution >= 4 is 17.4 Å². The number of rotatable bonds is 1. The Morgan fingerprint density at radius 3 is 2.76 bits per heavy atom. The summed E-state index contributed by atoms with van der Waals surface area (Å²) in [5.41, 5.74) is 7.81. The molecule has 21 heavy (non-hydrogen) atoms. The van der Waals surface area contributed by atoms with E-state index in [1.165, 1.54) is 0 Å². The Kier molecular flexibility index (Phi) is 2.73. The largest absolute Gasteiger partial charge is 0.486 e. The highest BCUT2D eigenvalue weighted by Crippen LogP contribution is 2.39. The molecule has 2 amide bonds. The van der Waals surface area contributed by atoms with Crippen LogP contribution in [0, 0.1) is 0 Å². The number of amides is 2. The minimum atomic E-state index is 0.0368. The molecule has 3 aliphatic rings. The van der Waals surface area contributed by atoms with E-state index in [1.807, 2.05) is 17.0 Å². The van der Waals surface area contributed by atoms with Crippen molar-refractivity contribution < 1.29 is 14.3 Å². The molecule has 0 aliphatic carbocycles. The smallest absolute Gasteiger partial charge is 0.317 e. The summed E-state index contributed by atoms with van der Waals surface area (Å²) in [5, 5.41) is 2.88. The number of carbonyl (C=O) groups excluding carboxylic acids is 1. The van der Waals surface area contributed by atoms with Crippen LogP contribution in [0.1, 0.15) is 0 Å². The van der Waals surface area contributed by atoms with Gasteiger partial charge in [0.15, 0.2) is 11.5 Å². The van der Waals surface area contributed by atoms with E-state index in [9.17, 15) is 4.79 Å². The third kappa shape index (κ3) is 2.00. The molecule has 7 nitrogen and oxygen atoms in total. The van der Waals surface area contributed by atoms with Gasteiger partial charge in [0, 0.05) is 38.3 Å². The van der Waals surface area contributed by atoms with Crippen LogP contribution in [0.2, 0.25) is 0 Å². The lowest BCUT2D eigenvalue weighted by molar-refractivity contribution is 0.171. The second kappa shape index (κ2) is 4.61. The van der Waals surface area contributed by atoms with Gasteiger partial charge >= 0.3 is 6.03 Å². The molecular weight excluding hydrogens is 272 g/mol. The maximum absolute atomic E-state index is 11.6. The number of urea groups is 1. The van der Waals surface area contributed by atoms with Gasteiger partial charge in [-0.3, -0.25) is 0 Å². The van der Waals surface area contributed by atoms with E-state index < -0.39 is 0 Å². The Morgan fingerprint density at radius 1 is 1.19 bits per heavy atom. The highest BCUT2D eigenvalue weighted by Gasteiger charge is 2.36. The van der Waals surface area contributed by atoms with Gasteiger partial charge in [0.25, 0.3) is 0 Å². The van der Waals surface area contributed by atoms with Crippen LogP contribution in [0.3, 0.4) is 0 Å². The van der Waals surface area contributed by atoms with Crippen molar-refractivity contribution in [3.05, 3.63) is 12.1 Å². The van der Waals surface area contributed by atoms with E-state index in [1.54, 1.807) is 0 Å². The Labute approximate surface area is 122 Å². The first-order chi connectivity index (χ1) is 10.2. The highest BCUT2D eigenvalue weighted by molar-refractivity contribution is 5.78. The van der Waals surface area contributed by atoms with E-state index in [0.717, 1.165) is 24.5 Å². The Morgan fingerprint density at radius 2 is 1.95 bits per heavy atom. The van der Waals surface area contributed by atoms with Crippen molar-refractivity contribution in [1.82, 2.24) is 10.2 Å². The molecule has 4 rings (SSSR count). The van der Waals surface area contributed by atoms with Gasteiger partial charge in [0.2, 0.25) is 0 Å². The average Bonchev–Trinajstić information content (AvgIpc) is 2.87. The van der Waals surface area contributed by atoms with Crippen LogP contribution in [0.15, 0.2) is 12.1 Å². The average molecular weight is 290 g/mol.